The molecule has 1 aromatic rings. The molecule has 1 aliphatic carbocycles. The van der Waals surface area contributed by atoms with Gasteiger partial charge in [-0.2, -0.15) is 0 Å². The van der Waals surface area contributed by atoms with Crippen LogP contribution in [0.3, 0.4) is 0 Å². The smallest absolute Gasteiger partial charge is 0.237 e. The van der Waals surface area contributed by atoms with Crippen molar-refractivity contribution in [2.45, 2.75) is 38.3 Å². The molecule has 3 aliphatic rings. The predicted octanol–water partition coefficient (Wildman–Crippen LogP) is 1.19. The van der Waals surface area contributed by atoms with Gasteiger partial charge in [-0.05, 0) is 50.5 Å². The van der Waals surface area contributed by atoms with E-state index in [-0.39, 0.29) is 35.3 Å². The summed E-state index contributed by atoms with van der Waals surface area (Å²) in [6, 6.07) is 7.77. The summed E-state index contributed by atoms with van der Waals surface area (Å²) in [5.41, 5.74) is 1.81. The van der Waals surface area contributed by atoms with Gasteiger partial charge in [-0.25, -0.2) is 8.42 Å². The first-order valence-electron chi connectivity index (χ1n) is 10.4. The fraction of sp³-hybridized carbons (Fsp3) is 0.619. The number of carbonyl (C=O) groups excluding carboxylic acids is 2. The minimum Gasteiger partial charge on any atom is -0.369 e. The SMILES string of the molecule is CC(=O)c1ccc(N2CCN(CC(=O)N(C3CC3)[C@@H]3CCS(=O)(=O)C3)CC2)cc1. The molecule has 0 radical (unpaired) electrons. The van der Waals surface area contributed by atoms with E-state index in [0.29, 0.717) is 18.5 Å². The number of carbonyl (C=O) groups is 2. The van der Waals surface area contributed by atoms with Gasteiger partial charge in [-0.15, -0.1) is 0 Å². The summed E-state index contributed by atoms with van der Waals surface area (Å²) in [5, 5.41) is 0. The summed E-state index contributed by atoms with van der Waals surface area (Å²) in [5.74, 6) is 0.471. The molecule has 29 heavy (non-hydrogen) atoms. The molecule has 8 heteroatoms. The Balaban J connectivity index is 1.31. The van der Waals surface area contributed by atoms with Gasteiger partial charge in [0.25, 0.3) is 0 Å². The van der Waals surface area contributed by atoms with Gasteiger partial charge >= 0.3 is 0 Å². The van der Waals surface area contributed by atoms with Crippen LogP contribution in [0.5, 0.6) is 0 Å². The van der Waals surface area contributed by atoms with Crippen LogP contribution in [0.25, 0.3) is 0 Å². The summed E-state index contributed by atoms with van der Waals surface area (Å²) in [6.07, 6.45) is 2.56. The van der Waals surface area contributed by atoms with Crippen LogP contribution in [0.15, 0.2) is 24.3 Å². The number of sulfone groups is 1. The Hall–Kier alpha value is -1.93. The summed E-state index contributed by atoms with van der Waals surface area (Å²) in [7, 11) is -2.99. The number of piperazine rings is 1. The van der Waals surface area contributed by atoms with Gasteiger partial charge in [0.1, 0.15) is 0 Å². The Morgan fingerprint density at radius 3 is 2.17 bits per heavy atom. The van der Waals surface area contributed by atoms with E-state index in [2.05, 4.69) is 9.80 Å². The second-order valence-electron chi connectivity index (χ2n) is 8.46. The Morgan fingerprint density at radius 2 is 1.66 bits per heavy atom. The van der Waals surface area contributed by atoms with E-state index >= 15 is 0 Å². The molecule has 1 amide bonds. The first-order chi connectivity index (χ1) is 13.8. The highest BCUT2D eigenvalue weighted by molar-refractivity contribution is 7.91. The molecule has 4 rings (SSSR count). The van der Waals surface area contributed by atoms with E-state index in [9.17, 15) is 18.0 Å². The lowest BCUT2D eigenvalue weighted by atomic mass is 10.1. The van der Waals surface area contributed by atoms with E-state index in [1.807, 2.05) is 29.2 Å². The number of ketones is 1. The monoisotopic (exact) mass is 419 g/mol. The Kier molecular flexibility index (Phi) is 5.66. The molecule has 0 unspecified atom stereocenters. The lowest BCUT2D eigenvalue weighted by Crippen LogP contribution is -2.52. The van der Waals surface area contributed by atoms with Crippen LogP contribution in [0.2, 0.25) is 0 Å². The minimum absolute atomic E-state index is 0.0650. The van der Waals surface area contributed by atoms with Gasteiger partial charge in [0.15, 0.2) is 15.6 Å². The van der Waals surface area contributed by atoms with E-state index in [0.717, 1.165) is 44.7 Å². The van der Waals surface area contributed by atoms with Crippen molar-refractivity contribution < 1.29 is 18.0 Å². The molecule has 158 valence electrons. The van der Waals surface area contributed by atoms with E-state index in [4.69, 9.17) is 0 Å². The van der Waals surface area contributed by atoms with E-state index in [1.54, 1.807) is 6.92 Å². The van der Waals surface area contributed by atoms with Gasteiger partial charge in [0, 0.05) is 49.5 Å². The van der Waals surface area contributed by atoms with Crippen LogP contribution in [0, 0.1) is 0 Å². The van der Waals surface area contributed by atoms with Crippen LogP contribution in [-0.4, -0.2) is 86.2 Å². The average Bonchev–Trinajstić information content (AvgIpc) is 3.45. The number of amides is 1. The van der Waals surface area contributed by atoms with Gasteiger partial charge < -0.3 is 9.80 Å². The number of benzene rings is 1. The van der Waals surface area contributed by atoms with Gasteiger partial charge in [0.2, 0.25) is 5.91 Å². The highest BCUT2D eigenvalue weighted by atomic mass is 32.2. The second kappa shape index (κ2) is 8.07. The summed E-state index contributed by atoms with van der Waals surface area (Å²) >= 11 is 0. The number of hydrogen-bond acceptors (Lipinski definition) is 6. The van der Waals surface area contributed by atoms with Gasteiger partial charge in [-0.3, -0.25) is 14.5 Å². The second-order valence-corrected chi connectivity index (χ2v) is 10.7. The molecule has 7 nitrogen and oxygen atoms in total. The lowest BCUT2D eigenvalue weighted by Gasteiger charge is -2.37. The summed E-state index contributed by atoms with van der Waals surface area (Å²) in [6.45, 7) is 5.17. The third-order valence-electron chi connectivity index (χ3n) is 6.20. The van der Waals surface area contributed by atoms with E-state index in [1.165, 1.54) is 0 Å². The van der Waals surface area contributed by atoms with Crippen LogP contribution < -0.4 is 4.90 Å². The largest absolute Gasteiger partial charge is 0.369 e. The highest BCUT2D eigenvalue weighted by Crippen LogP contribution is 2.32. The van der Waals surface area contributed by atoms with Crippen molar-refractivity contribution in [1.29, 1.82) is 0 Å². The van der Waals surface area contributed by atoms with Crippen LogP contribution >= 0.6 is 0 Å². The van der Waals surface area contributed by atoms with Crippen LogP contribution in [0.1, 0.15) is 36.5 Å². The first kappa shape index (κ1) is 20.3. The molecule has 1 saturated carbocycles. The quantitative estimate of drug-likeness (QED) is 0.645. The zero-order valence-corrected chi connectivity index (χ0v) is 17.7. The highest BCUT2D eigenvalue weighted by Gasteiger charge is 2.42. The Bertz CT molecular complexity index is 872. The number of hydrogen-bond donors (Lipinski definition) is 0. The third-order valence-corrected chi connectivity index (χ3v) is 7.95. The van der Waals surface area contributed by atoms with Crippen LogP contribution in [0.4, 0.5) is 5.69 Å². The summed E-state index contributed by atoms with van der Waals surface area (Å²) in [4.78, 5) is 30.7. The third kappa shape index (κ3) is 4.80. The molecular weight excluding hydrogens is 390 g/mol. The van der Waals surface area contributed by atoms with Crippen molar-refractivity contribution in [2.24, 2.45) is 0 Å². The zero-order valence-electron chi connectivity index (χ0n) is 16.9. The van der Waals surface area contributed by atoms with E-state index < -0.39 is 9.84 Å². The van der Waals surface area contributed by atoms with Crippen molar-refractivity contribution in [2.75, 3.05) is 49.1 Å². The maximum atomic E-state index is 13.0. The Labute approximate surface area is 172 Å². The topological polar surface area (TPSA) is 78.0 Å². The standard InChI is InChI=1S/C21H29N3O4S/c1-16(25)17-2-4-18(5-3-17)23-11-9-22(10-12-23)14-21(26)24(19-6-7-19)20-8-13-29(27,28)15-20/h2-5,19-20H,6-15H2,1H3/t20-/m1/s1. The molecule has 3 fully saturated rings. The molecule has 2 heterocycles. The molecule has 1 atom stereocenters. The fourth-order valence-electron chi connectivity index (χ4n) is 4.40. The van der Waals surface area contributed by atoms with Crippen molar-refractivity contribution in [3.63, 3.8) is 0 Å². The van der Waals surface area contributed by atoms with Gasteiger partial charge in [0.05, 0.1) is 18.1 Å². The number of nitrogens with zero attached hydrogens (tertiary/aromatic N) is 3. The minimum atomic E-state index is -2.99. The van der Waals surface area contributed by atoms with Crippen molar-refractivity contribution in [3.05, 3.63) is 29.8 Å². The normalized spacial score (nSPS) is 24.4. The molecule has 2 aliphatic heterocycles. The fourth-order valence-corrected chi connectivity index (χ4v) is 6.11. The predicted molar refractivity (Wildman–Crippen MR) is 112 cm³/mol. The Morgan fingerprint density at radius 1 is 1.00 bits per heavy atom. The summed E-state index contributed by atoms with van der Waals surface area (Å²) < 4.78 is 23.7. The molecule has 0 spiro atoms. The number of anilines is 1. The zero-order chi connectivity index (χ0) is 20.6. The molecule has 1 aromatic carbocycles. The van der Waals surface area contributed by atoms with Gasteiger partial charge in [-0.1, -0.05) is 0 Å². The maximum Gasteiger partial charge on any atom is 0.237 e. The van der Waals surface area contributed by atoms with Crippen LogP contribution in [-0.2, 0) is 14.6 Å². The number of Topliss-reactive ketones (excluding diaryl/α,β-unsaturated/α-hetero) is 1. The van der Waals surface area contributed by atoms with Crippen molar-refractivity contribution in [3.8, 4) is 0 Å². The van der Waals surface area contributed by atoms with Crippen molar-refractivity contribution >= 4 is 27.2 Å². The maximum absolute atomic E-state index is 13.0. The lowest BCUT2D eigenvalue weighted by molar-refractivity contribution is -0.135. The number of rotatable bonds is 6. The molecule has 2 saturated heterocycles. The first-order valence-corrected chi connectivity index (χ1v) is 12.2. The molecular formula is C21H29N3O4S. The molecule has 0 N–H and O–H groups in total. The average molecular weight is 420 g/mol. The molecule has 0 bridgehead atoms. The molecule has 0 aromatic heterocycles. The van der Waals surface area contributed by atoms with Crippen molar-refractivity contribution in [1.82, 2.24) is 9.80 Å².